The van der Waals surface area contributed by atoms with Crippen molar-refractivity contribution in [3.05, 3.63) is 151 Å². The molecule has 1 heterocycles. The van der Waals surface area contributed by atoms with Gasteiger partial charge in [0.25, 0.3) is 0 Å². The molecule has 0 N–H and O–H groups in total. The highest BCUT2D eigenvalue weighted by Crippen LogP contribution is 2.50. The van der Waals surface area contributed by atoms with Crippen LogP contribution in [-0.2, 0) is 5.41 Å². The second kappa shape index (κ2) is 9.48. The Balaban J connectivity index is 1.30. The Labute approximate surface area is 234 Å². The molecule has 6 aromatic carbocycles. The summed E-state index contributed by atoms with van der Waals surface area (Å²) in [5, 5.41) is 2.48. The van der Waals surface area contributed by atoms with E-state index in [0.29, 0.717) is 0 Å². The Morgan fingerprint density at radius 1 is 0.513 bits per heavy atom. The molecule has 7 rings (SSSR count). The lowest BCUT2D eigenvalue weighted by Gasteiger charge is -2.35. The van der Waals surface area contributed by atoms with Crippen LogP contribution < -0.4 is 4.90 Å². The van der Waals surface area contributed by atoms with Crippen molar-refractivity contribution in [2.24, 2.45) is 0 Å². The highest BCUT2D eigenvalue weighted by Gasteiger charge is 2.33. The minimum Gasteiger partial charge on any atom is -0.310 e. The Kier molecular flexibility index (Phi) is 5.79. The number of fused-ring (bicyclic) bond motifs is 3. The molecule has 0 aromatic heterocycles. The molecule has 39 heavy (non-hydrogen) atoms. The molecule has 0 radical (unpaired) electrons. The van der Waals surface area contributed by atoms with Crippen molar-refractivity contribution in [3.63, 3.8) is 0 Å². The number of anilines is 3. The van der Waals surface area contributed by atoms with Gasteiger partial charge in [0, 0.05) is 32.0 Å². The lowest BCUT2D eigenvalue weighted by Crippen LogP contribution is -2.23. The SMILES string of the molecule is CC1(C)c2ccccc2Sc2ccc(-c3ccc(N(c4ccccc4)c4cccc5ccccc45)cc3)cc21. The van der Waals surface area contributed by atoms with Crippen molar-refractivity contribution < 1.29 is 0 Å². The monoisotopic (exact) mass is 519 g/mol. The molecular weight excluding hydrogens is 490 g/mol. The molecule has 0 aliphatic carbocycles. The fourth-order valence-electron chi connectivity index (χ4n) is 5.83. The summed E-state index contributed by atoms with van der Waals surface area (Å²) in [5.74, 6) is 0. The predicted molar refractivity (Wildman–Crippen MR) is 167 cm³/mol. The molecule has 188 valence electrons. The van der Waals surface area contributed by atoms with Crippen LogP contribution in [0.15, 0.2) is 149 Å². The van der Waals surface area contributed by atoms with E-state index in [1.165, 1.54) is 48.5 Å². The Hall–Kier alpha value is -4.27. The number of para-hydroxylation sites is 1. The van der Waals surface area contributed by atoms with Crippen LogP contribution >= 0.6 is 11.8 Å². The largest absolute Gasteiger partial charge is 0.310 e. The predicted octanol–water partition coefficient (Wildman–Crippen LogP) is 10.8. The van der Waals surface area contributed by atoms with E-state index in [1.54, 1.807) is 0 Å². The third-order valence-electron chi connectivity index (χ3n) is 7.91. The van der Waals surface area contributed by atoms with Crippen molar-refractivity contribution in [2.45, 2.75) is 29.1 Å². The first-order valence-corrected chi connectivity index (χ1v) is 14.3. The molecule has 2 heteroatoms. The zero-order valence-corrected chi connectivity index (χ0v) is 23.0. The van der Waals surface area contributed by atoms with Gasteiger partial charge in [-0.05, 0) is 76.2 Å². The third kappa shape index (κ3) is 4.13. The zero-order chi connectivity index (χ0) is 26.4. The Morgan fingerprint density at radius 3 is 2.00 bits per heavy atom. The van der Waals surface area contributed by atoms with Gasteiger partial charge < -0.3 is 4.90 Å². The first-order chi connectivity index (χ1) is 19.1. The maximum absolute atomic E-state index is 2.40. The number of hydrogen-bond acceptors (Lipinski definition) is 2. The maximum Gasteiger partial charge on any atom is 0.0540 e. The van der Waals surface area contributed by atoms with Crippen LogP contribution in [0.5, 0.6) is 0 Å². The molecule has 6 aromatic rings. The fourth-order valence-corrected chi connectivity index (χ4v) is 7.21. The number of benzene rings is 6. The first kappa shape index (κ1) is 23.8. The van der Waals surface area contributed by atoms with Crippen LogP contribution in [0.3, 0.4) is 0 Å². The molecule has 0 unspecified atom stereocenters. The van der Waals surface area contributed by atoms with Crippen molar-refractivity contribution in [1.29, 1.82) is 0 Å². The van der Waals surface area contributed by atoms with Crippen molar-refractivity contribution in [1.82, 2.24) is 0 Å². The topological polar surface area (TPSA) is 3.24 Å². The third-order valence-corrected chi connectivity index (χ3v) is 9.07. The summed E-state index contributed by atoms with van der Waals surface area (Å²) < 4.78 is 0. The van der Waals surface area contributed by atoms with Crippen LogP contribution in [0, 0.1) is 0 Å². The van der Waals surface area contributed by atoms with E-state index in [2.05, 4.69) is 158 Å². The highest BCUT2D eigenvalue weighted by molar-refractivity contribution is 7.99. The maximum atomic E-state index is 2.40. The van der Waals surface area contributed by atoms with Crippen molar-refractivity contribution >= 4 is 39.6 Å². The molecule has 1 aliphatic heterocycles. The number of hydrogen-bond donors (Lipinski definition) is 0. The molecule has 0 spiro atoms. The molecule has 0 saturated carbocycles. The minimum absolute atomic E-state index is 0.0361. The number of rotatable bonds is 4. The van der Waals surface area contributed by atoms with Crippen LogP contribution in [0.25, 0.3) is 21.9 Å². The lowest BCUT2D eigenvalue weighted by molar-refractivity contribution is 0.607. The quantitative estimate of drug-likeness (QED) is 0.228. The van der Waals surface area contributed by atoms with Gasteiger partial charge in [-0.25, -0.2) is 0 Å². The molecular formula is C37H29NS. The standard InChI is InChI=1S/C37H29NS/c1-37(2)32-16-8-9-18-35(32)39-36-24-21-28(25-33(36)37)26-19-22-30(23-20-26)38(29-13-4-3-5-14-29)34-17-10-12-27-11-6-7-15-31(27)34/h3-25H,1-2H3. The minimum atomic E-state index is -0.0361. The van der Waals surface area contributed by atoms with Gasteiger partial charge in [0.15, 0.2) is 0 Å². The summed E-state index contributed by atoms with van der Waals surface area (Å²) in [4.78, 5) is 5.07. The normalized spacial score (nSPS) is 13.5. The van der Waals surface area contributed by atoms with Crippen LogP contribution in [0.4, 0.5) is 17.1 Å². The first-order valence-electron chi connectivity index (χ1n) is 13.4. The van der Waals surface area contributed by atoms with Gasteiger partial charge in [-0.1, -0.05) is 117 Å². The van der Waals surface area contributed by atoms with E-state index in [4.69, 9.17) is 0 Å². The Bertz CT molecular complexity index is 1800. The second-order valence-electron chi connectivity index (χ2n) is 10.7. The summed E-state index contributed by atoms with van der Waals surface area (Å²) in [6, 6.07) is 50.6. The second-order valence-corrected chi connectivity index (χ2v) is 11.7. The Morgan fingerprint density at radius 2 is 1.15 bits per heavy atom. The van der Waals surface area contributed by atoms with E-state index in [-0.39, 0.29) is 5.41 Å². The van der Waals surface area contributed by atoms with Crippen LogP contribution in [0.2, 0.25) is 0 Å². The zero-order valence-electron chi connectivity index (χ0n) is 22.1. The molecule has 0 atom stereocenters. The highest BCUT2D eigenvalue weighted by atomic mass is 32.2. The summed E-state index contributed by atoms with van der Waals surface area (Å²) >= 11 is 1.88. The fraction of sp³-hybridized carbons (Fsp3) is 0.0811. The van der Waals surface area contributed by atoms with Crippen LogP contribution in [-0.4, -0.2) is 0 Å². The smallest absolute Gasteiger partial charge is 0.0540 e. The molecule has 0 bridgehead atoms. The van der Waals surface area contributed by atoms with Gasteiger partial charge in [-0.2, -0.15) is 0 Å². The molecule has 0 amide bonds. The average Bonchev–Trinajstić information content (AvgIpc) is 2.98. The van der Waals surface area contributed by atoms with Gasteiger partial charge in [0.2, 0.25) is 0 Å². The van der Waals surface area contributed by atoms with Gasteiger partial charge >= 0.3 is 0 Å². The van der Waals surface area contributed by atoms with Gasteiger partial charge in [0.1, 0.15) is 0 Å². The van der Waals surface area contributed by atoms with Crippen molar-refractivity contribution in [3.8, 4) is 11.1 Å². The average molecular weight is 520 g/mol. The summed E-state index contributed by atoms with van der Waals surface area (Å²) in [6.07, 6.45) is 0. The summed E-state index contributed by atoms with van der Waals surface area (Å²) in [6.45, 7) is 4.69. The molecule has 1 nitrogen and oxygen atoms in total. The van der Waals surface area contributed by atoms with Gasteiger partial charge in [-0.15, -0.1) is 0 Å². The number of nitrogens with zero attached hydrogens (tertiary/aromatic N) is 1. The van der Waals surface area contributed by atoms with E-state index in [1.807, 2.05) is 11.8 Å². The van der Waals surface area contributed by atoms with Crippen molar-refractivity contribution in [2.75, 3.05) is 4.90 Å². The van der Waals surface area contributed by atoms with Crippen LogP contribution in [0.1, 0.15) is 25.0 Å². The summed E-state index contributed by atoms with van der Waals surface area (Å²) in [5.41, 5.74) is 8.72. The van der Waals surface area contributed by atoms with E-state index >= 15 is 0 Å². The van der Waals surface area contributed by atoms with Gasteiger partial charge in [-0.3, -0.25) is 0 Å². The summed E-state index contributed by atoms with van der Waals surface area (Å²) in [7, 11) is 0. The molecule has 0 fully saturated rings. The molecule has 0 saturated heterocycles. The van der Waals surface area contributed by atoms with E-state index in [9.17, 15) is 0 Å². The van der Waals surface area contributed by atoms with Gasteiger partial charge in [0.05, 0.1) is 5.69 Å². The lowest BCUT2D eigenvalue weighted by atomic mass is 9.77. The van der Waals surface area contributed by atoms with E-state index < -0.39 is 0 Å². The molecule has 1 aliphatic rings. The van der Waals surface area contributed by atoms with E-state index in [0.717, 1.165) is 11.4 Å².